The molecule has 16 heavy (non-hydrogen) atoms. The van der Waals surface area contributed by atoms with E-state index >= 15 is 0 Å². The number of allylic oxidation sites excluding steroid dienone is 1. The van der Waals surface area contributed by atoms with Crippen molar-refractivity contribution in [2.24, 2.45) is 11.8 Å². The minimum atomic E-state index is -0.221. The van der Waals surface area contributed by atoms with E-state index in [-0.39, 0.29) is 5.54 Å². The van der Waals surface area contributed by atoms with Gasteiger partial charge in [-0.15, -0.1) is 0 Å². The molecule has 2 bridgehead atoms. The molecule has 3 nitrogen and oxygen atoms in total. The van der Waals surface area contributed by atoms with Crippen LogP contribution < -0.4 is 0 Å². The summed E-state index contributed by atoms with van der Waals surface area (Å²) in [6.45, 7) is 3.41. The Balaban J connectivity index is 1.89. The van der Waals surface area contributed by atoms with Gasteiger partial charge < -0.3 is 4.74 Å². The van der Waals surface area contributed by atoms with Gasteiger partial charge in [0.2, 0.25) is 0 Å². The summed E-state index contributed by atoms with van der Waals surface area (Å²) in [5.74, 6) is 1.08. The summed E-state index contributed by atoms with van der Waals surface area (Å²) in [5, 5.41) is 9.65. The number of nitrogens with zero attached hydrogens (tertiary/aromatic N) is 2. The summed E-state index contributed by atoms with van der Waals surface area (Å²) >= 11 is 0. The molecule has 0 aromatic heterocycles. The Hall–Kier alpha value is -0.850. The molecule has 3 atom stereocenters. The van der Waals surface area contributed by atoms with Crippen LogP contribution in [0, 0.1) is 23.2 Å². The first kappa shape index (κ1) is 10.3. The second kappa shape index (κ2) is 3.87. The van der Waals surface area contributed by atoms with Crippen molar-refractivity contribution in [3.05, 3.63) is 12.2 Å². The molecule has 1 aliphatic heterocycles. The van der Waals surface area contributed by atoms with Gasteiger partial charge in [0.1, 0.15) is 5.54 Å². The van der Waals surface area contributed by atoms with Gasteiger partial charge in [-0.1, -0.05) is 12.2 Å². The molecule has 0 N–H and O–H groups in total. The van der Waals surface area contributed by atoms with E-state index in [1.807, 2.05) is 0 Å². The van der Waals surface area contributed by atoms with Gasteiger partial charge in [-0.05, 0) is 25.2 Å². The second-order valence-electron chi connectivity index (χ2n) is 5.17. The molecule has 4 aliphatic rings. The first-order chi connectivity index (χ1) is 7.85. The summed E-state index contributed by atoms with van der Waals surface area (Å²) in [6, 6.07) is 2.64. The van der Waals surface area contributed by atoms with Crippen molar-refractivity contribution in [2.75, 3.05) is 26.3 Å². The van der Waals surface area contributed by atoms with Crippen molar-refractivity contribution >= 4 is 0 Å². The monoisotopic (exact) mass is 218 g/mol. The van der Waals surface area contributed by atoms with Gasteiger partial charge in [0.05, 0.1) is 19.3 Å². The summed E-state index contributed by atoms with van der Waals surface area (Å²) in [7, 11) is 0. The Morgan fingerprint density at radius 3 is 2.56 bits per heavy atom. The van der Waals surface area contributed by atoms with Gasteiger partial charge in [0.25, 0.3) is 0 Å². The molecule has 1 saturated carbocycles. The fourth-order valence-corrected chi connectivity index (χ4v) is 3.52. The molecule has 3 aliphatic carbocycles. The fourth-order valence-electron chi connectivity index (χ4n) is 3.52. The molecule has 1 heterocycles. The zero-order valence-corrected chi connectivity index (χ0v) is 9.56. The van der Waals surface area contributed by atoms with Gasteiger partial charge in [0.15, 0.2) is 0 Å². The van der Waals surface area contributed by atoms with Crippen LogP contribution in [-0.2, 0) is 4.74 Å². The maximum Gasteiger partial charge on any atom is 0.116 e. The van der Waals surface area contributed by atoms with E-state index in [0.29, 0.717) is 11.8 Å². The molecule has 0 amide bonds. The topological polar surface area (TPSA) is 36.3 Å². The molecular weight excluding hydrogens is 200 g/mol. The molecule has 4 rings (SSSR count). The lowest BCUT2D eigenvalue weighted by atomic mass is 9.64. The lowest BCUT2D eigenvalue weighted by Crippen LogP contribution is -2.59. The Kier molecular flexibility index (Phi) is 2.49. The Labute approximate surface area is 96.7 Å². The third kappa shape index (κ3) is 1.41. The summed E-state index contributed by atoms with van der Waals surface area (Å²) < 4.78 is 5.39. The molecule has 1 saturated heterocycles. The fraction of sp³-hybridized carbons (Fsp3) is 0.769. The van der Waals surface area contributed by atoms with E-state index < -0.39 is 0 Å². The van der Waals surface area contributed by atoms with Crippen LogP contribution in [0.15, 0.2) is 12.2 Å². The van der Waals surface area contributed by atoms with E-state index in [1.54, 1.807) is 0 Å². The van der Waals surface area contributed by atoms with Crippen molar-refractivity contribution in [3.63, 3.8) is 0 Å². The Morgan fingerprint density at radius 2 is 2.06 bits per heavy atom. The smallest absolute Gasteiger partial charge is 0.116 e. The highest BCUT2D eigenvalue weighted by Gasteiger charge is 2.49. The molecule has 3 heteroatoms. The van der Waals surface area contributed by atoms with Crippen LogP contribution in [0.2, 0.25) is 0 Å². The minimum absolute atomic E-state index is 0.221. The van der Waals surface area contributed by atoms with Crippen LogP contribution in [0.5, 0.6) is 0 Å². The standard InChI is InChI=1S/C13H18N2O/c14-10-13(15-5-7-16-8-6-15)9-11-1-3-12(13)4-2-11/h1,3,11-12H,2,4-9H2/t11-,12+,13+/m0/s1. The quantitative estimate of drug-likeness (QED) is 0.627. The average Bonchev–Trinajstić information content (AvgIpc) is 2.41. The maximum atomic E-state index is 9.65. The summed E-state index contributed by atoms with van der Waals surface area (Å²) in [6.07, 6.45) is 8.10. The van der Waals surface area contributed by atoms with Crippen LogP contribution in [0.25, 0.3) is 0 Å². The van der Waals surface area contributed by atoms with E-state index in [9.17, 15) is 5.26 Å². The highest BCUT2D eigenvalue weighted by atomic mass is 16.5. The molecule has 0 aromatic rings. The van der Waals surface area contributed by atoms with Crippen molar-refractivity contribution in [1.29, 1.82) is 5.26 Å². The number of hydrogen-bond acceptors (Lipinski definition) is 3. The van der Waals surface area contributed by atoms with Crippen molar-refractivity contribution in [1.82, 2.24) is 4.90 Å². The number of rotatable bonds is 1. The second-order valence-corrected chi connectivity index (χ2v) is 5.17. The lowest BCUT2D eigenvalue weighted by Gasteiger charge is -2.51. The number of nitriles is 1. The predicted molar refractivity (Wildman–Crippen MR) is 60.7 cm³/mol. The molecule has 0 spiro atoms. The van der Waals surface area contributed by atoms with Gasteiger partial charge in [-0.2, -0.15) is 5.26 Å². The minimum Gasteiger partial charge on any atom is -0.379 e. The number of fused-ring (bicyclic) bond motifs is 2. The van der Waals surface area contributed by atoms with Gasteiger partial charge in [-0.25, -0.2) is 0 Å². The highest BCUT2D eigenvalue weighted by molar-refractivity contribution is 5.24. The predicted octanol–water partition coefficient (Wildman–Crippen LogP) is 1.57. The van der Waals surface area contributed by atoms with Crippen molar-refractivity contribution < 1.29 is 4.74 Å². The largest absolute Gasteiger partial charge is 0.379 e. The normalized spacial score (nSPS) is 43.2. The van der Waals surface area contributed by atoms with Crippen LogP contribution in [0.1, 0.15) is 19.3 Å². The highest BCUT2D eigenvalue weighted by Crippen LogP contribution is 2.46. The van der Waals surface area contributed by atoms with Gasteiger partial charge in [0, 0.05) is 19.0 Å². The van der Waals surface area contributed by atoms with Crippen LogP contribution in [0.4, 0.5) is 0 Å². The van der Waals surface area contributed by atoms with Crippen molar-refractivity contribution in [2.45, 2.75) is 24.8 Å². The summed E-state index contributed by atoms with van der Waals surface area (Å²) in [5.41, 5.74) is -0.221. The van der Waals surface area contributed by atoms with E-state index in [2.05, 4.69) is 23.1 Å². The Bertz CT molecular complexity index is 340. The van der Waals surface area contributed by atoms with Crippen LogP contribution in [-0.4, -0.2) is 36.7 Å². The SMILES string of the molecule is N#C[C@]1(N2CCOCC2)C[C@H]2C=C[C@@H]1CC2. The lowest BCUT2D eigenvalue weighted by molar-refractivity contribution is -0.0372. The zero-order valence-electron chi connectivity index (χ0n) is 9.56. The van der Waals surface area contributed by atoms with Crippen LogP contribution in [0.3, 0.4) is 0 Å². The van der Waals surface area contributed by atoms with E-state index in [0.717, 1.165) is 32.7 Å². The first-order valence-corrected chi connectivity index (χ1v) is 6.27. The van der Waals surface area contributed by atoms with E-state index in [4.69, 9.17) is 4.74 Å². The number of morpholine rings is 1. The van der Waals surface area contributed by atoms with Crippen LogP contribution >= 0.6 is 0 Å². The molecular formula is C13H18N2O. The number of ether oxygens (including phenoxy) is 1. The zero-order chi connectivity index (χ0) is 11.0. The maximum absolute atomic E-state index is 9.65. The van der Waals surface area contributed by atoms with Crippen molar-refractivity contribution in [3.8, 4) is 6.07 Å². The van der Waals surface area contributed by atoms with Gasteiger partial charge >= 0.3 is 0 Å². The number of hydrogen-bond donors (Lipinski definition) is 0. The summed E-state index contributed by atoms with van der Waals surface area (Å²) in [4.78, 5) is 2.37. The molecule has 0 radical (unpaired) electrons. The molecule has 0 unspecified atom stereocenters. The third-order valence-electron chi connectivity index (χ3n) is 4.42. The average molecular weight is 218 g/mol. The van der Waals surface area contributed by atoms with Gasteiger partial charge in [-0.3, -0.25) is 4.90 Å². The molecule has 2 fully saturated rings. The first-order valence-electron chi connectivity index (χ1n) is 6.27. The third-order valence-corrected chi connectivity index (χ3v) is 4.42. The van der Waals surface area contributed by atoms with E-state index in [1.165, 1.54) is 12.8 Å². The molecule has 86 valence electrons. The molecule has 0 aromatic carbocycles. The Morgan fingerprint density at radius 1 is 1.25 bits per heavy atom.